The third-order valence-electron chi connectivity index (χ3n) is 5.70. The van der Waals surface area contributed by atoms with Gasteiger partial charge in [0.15, 0.2) is 0 Å². The number of benzene rings is 3. The fourth-order valence-corrected chi connectivity index (χ4v) is 4.78. The van der Waals surface area contributed by atoms with E-state index in [0.717, 1.165) is 5.56 Å². The summed E-state index contributed by atoms with van der Waals surface area (Å²) < 4.78 is 42.1. The molecule has 0 aliphatic heterocycles. The molecule has 0 fully saturated rings. The molecular formula is C27H28N2O8S. The average Bonchev–Trinajstić information content (AvgIpc) is 2.91. The Balaban J connectivity index is 1.90. The fourth-order valence-electron chi connectivity index (χ4n) is 3.63. The van der Waals surface area contributed by atoms with Crippen LogP contribution in [0.15, 0.2) is 65.6 Å². The first-order valence-electron chi connectivity index (χ1n) is 11.3. The minimum Gasteiger partial charge on any atom is -0.496 e. The van der Waals surface area contributed by atoms with Gasteiger partial charge in [0, 0.05) is 30.4 Å². The van der Waals surface area contributed by atoms with Crippen molar-refractivity contribution in [2.24, 2.45) is 0 Å². The standard InChI is InChI=1S/C27H28N2O8S/c1-17-6-9-23(10-7-17)38(33,34)29(2)16-21-12-18(8-11-24(21)35-3)25(30)28-22-14-19(26(31)36-4)13-20(15-22)27(32)37-5/h6-15H,16H2,1-5H3,(H,28,30). The van der Waals surface area contributed by atoms with Crippen LogP contribution in [0.4, 0.5) is 5.69 Å². The summed E-state index contributed by atoms with van der Waals surface area (Å²) in [5.74, 6) is -1.56. The van der Waals surface area contributed by atoms with Crippen molar-refractivity contribution in [1.29, 1.82) is 0 Å². The molecule has 0 heterocycles. The van der Waals surface area contributed by atoms with Gasteiger partial charge in [-0.1, -0.05) is 17.7 Å². The van der Waals surface area contributed by atoms with E-state index in [0.29, 0.717) is 11.3 Å². The normalized spacial score (nSPS) is 11.1. The second-order valence-electron chi connectivity index (χ2n) is 8.34. The van der Waals surface area contributed by atoms with E-state index in [1.54, 1.807) is 18.2 Å². The van der Waals surface area contributed by atoms with Crippen molar-refractivity contribution in [3.05, 3.63) is 88.5 Å². The lowest BCUT2D eigenvalue weighted by Gasteiger charge is -2.19. The van der Waals surface area contributed by atoms with Gasteiger partial charge in [0.1, 0.15) is 5.75 Å². The number of anilines is 1. The number of nitrogens with one attached hydrogen (secondary N) is 1. The highest BCUT2D eigenvalue weighted by Gasteiger charge is 2.23. The molecule has 0 saturated heterocycles. The van der Waals surface area contributed by atoms with E-state index in [2.05, 4.69) is 5.32 Å². The monoisotopic (exact) mass is 540 g/mol. The number of carbonyl (C=O) groups excluding carboxylic acids is 3. The van der Waals surface area contributed by atoms with Crippen LogP contribution in [0.5, 0.6) is 5.75 Å². The molecule has 1 amide bonds. The Hall–Kier alpha value is -4.22. The van der Waals surface area contributed by atoms with Gasteiger partial charge in [-0.2, -0.15) is 4.31 Å². The molecule has 38 heavy (non-hydrogen) atoms. The third kappa shape index (κ3) is 6.36. The Morgan fingerprint density at radius 1 is 0.816 bits per heavy atom. The molecule has 3 aromatic carbocycles. The van der Waals surface area contributed by atoms with E-state index in [1.165, 1.54) is 75.1 Å². The summed E-state index contributed by atoms with van der Waals surface area (Å²) in [5.41, 5.74) is 1.84. The van der Waals surface area contributed by atoms with Crippen molar-refractivity contribution in [2.75, 3.05) is 33.7 Å². The van der Waals surface area contributed by atoms with Gasteiger partial charge >= 0.3 is 11.9 Å². The number of rotatable bonds is 9. The minimum atomic E-state index is -3.80. The lowest BCUT2D eigenvalue weighted by molar-refractivity contribution is 0.0598. The molecule has 200 valence electrons. The Morgan fingerprint density at radius 2 is 1.39 bits per heavy atom. The van der Waals surface area contributed by atoms with Crippen LogP contribution < -0.4 is 10.1 Å². The predicted octanol–water partition coefficient (Wildman–Crippen LogP) is 3.65. The van der Waals surface area contributed by atoms with Gasteiger partial charge in [0.2, 0.25) is 10.0 Å². The fraction of sp³-hybridized carbons (Fsp3) is 0.222. The lowest BCUT2D eigenvalue weighted by atomic mass is 10.1. The topological polar surface area (TPSA) is 128 Å². The summed E-state index contributed by atoms with van der Waals surface area (Å²) in [6.45, 7) is 1.80. The van der Waals surface area contributed by atoms with Gasteiger partial charge in [-0.05, 0) is 55.5 Å². The van der Waals surface area contributed by atoms with Gasteiger partial charge in [-0.3, -0.25) is 4.79 Å². The highest BCUT2D eigenvalue weighted by atomic mass is 32.2. The summed E-state index contributed by atoms with van der Waals surface area (Å²) in [5, 5.41) is 2.65. The zero-order chi connectivity index (χ0) is 28.0. The van der Waals surface area contributed by atoms with Gasteiger partial charge in [0.25, 0.3) is 5.91 Å². The van der Waals surface area contributed by atoms with Crippen molar-refractivity contribution in [1.82, 2.24) is 4.31 Å². The number of amides is 1. The summed E-state index contributed by atoms with van der Waals surface area (Å²) in [6.07, 6.45) is 0. The zero-order valence-electron chi connectivity index (χ0n) is 21.6. The number of esters is 2. The van der Waals surface area contributed by atoms with Crippen LogP contribution in [0.3, 0.4) is 0 Å². The van der Waals surface area contributed by atoms with Gasteiger partial charge in [0.05, 0.1) is 37.4 Å². The summed E-state index contributed by atoms with van der Waals surface area (Å²) >= 11 is 0. The summed E-state index contributed by atoms with van der Waals surface area (Å²) in [6, 6.07) is 15.1. The van der Waals surface area contributed by atoms with Crippen molar-refractivity contribution < 1.29 is 37.0 Å². The van der Waals surface area contributed by atoms with Gasteiger partial charge in [-0.15, -0.1) is 0 Å². The van der Waals surface area contributed by atoms with Crippen molar-refractivity contribution in [2.45, 2.75) is 18.4 Å². The average molecular weight is 541 g/mol. The maximum Gasteiger partial charge on any atom is 0.337 e. The molecule has 10 nitrogen and oxygen atoms in total. The molecule has 1 N–H and O–H groups in total. The number of ether oxygens (including phenoxy) is 3. The van der Waals surface area contributed by atoms with Gasteiger partial charge < -0.3 is 19.5 Å². The first-order chi connectivity index (χ1) is 18.0. The SMILES string of the molecule is COC(=O)c1cc(NC(=O)c2ccc(OC)c(CN(C)S(=O)(=O)c3ccc(C)cc3)c2)cc(C(=O)OC)c1. The molecule has 0 radical (unpaired) electrons. The van der Waals surface area contributed by atoms with Crippen LogP contribution in [-0.4, -0.2) is 58.9 Å². The van der Waals surface area contributed by atoms with E-state index < -0.39 is 27.9 Å². The second-order valence-corrected chi connectivity index (χ2v) is 10.4. The number of aryl methyl sites for hydroxylation is 1. The molecule has 0 atom stereocenters. The Bertz CT molecular complexity index is 1430. The van der Waals surface area contributed by atoms with Gasteiger partial charge in [-0.25, -0.2) is 18.0 Å². The molecule has 11 heteroatoms. The Morgan fingerprint density at radius 3 is 1.92 bits per heavy atom. The minimum absolute atomic E-state index is 0.0454. The van der Waals surface area contributed by atoms with Crippen LogP contribution in [0.1, 0.15) is 42.2 Å². The molecule has 0 aliphatic carbocycles. The molecule has 0 saturated carbocycles. The van der Waals surface area contributed by atoms with E-state index in [-0.39, 0.29) is 33.8 Å². The lowest BCUT2D eigenvalue weighted by Crippen LogP contribution is -2.27. The van der Waals surface area contributed by atoms with E-state index >= 15 is 0 Å². The molecule has 3 rings (SSSR count). The summed E-state index contributed by atoms with van der Waals surface area (Å²) in [4.78, 5) is 37.3. The number of methoxy groups -OCH3 is 3. The van der Waals surface area contributed by atoms with E-state index in [9.17, 15) is 22.8 Å². The molecule has 3 aromatic rings. The number of sulfonamides is 1. The van der Waals surface area contributed by atoms with Crippen molar-refractivity contribution in [3.63, 3.8) is 0 Å². The Labute approximate surface area is 221 Å². The largest absolute Gasteiger partial charge is 0.496 e. The van der Waals surface area contributed by atoms with Crippen LogP contribution >= 0.6 is 0 Å². The van der Waals surface area contributed by atoms with Crippen molar-refractivity contribution >= 4 is 33.6 Å². The van der Waals surface area contributed by atoms with E-state index in [1.807, 2.05) is 6.92 Å². The van der Waals surface area contributed by atoms with E-state index in [4.69, 9.17) is 14.2 Å². The predicted molar refractivity (Wildman–Crippen MR) is 140 cm³/mol. The molecule has 0 unspecified atom stereocenters. The smallest absolute Gasteiger partial charge is 0.337 e. The molecule has 0 aromatic heterocycles. The molecular weight excluding hydrogens is 512 g/mol. The van der Waals surface area contributed by atoms with Crippen LogP contribution in [0.2, 0.25) is 0 Å². The number of hydrogen-bond acceptors (Lipinski definition) is 8. The van der Waals surface area contributed by atoms with Crippen LogP contribution in [0.25, 0.3) is 0 Å². The Kier molecular flexibility index (Phi) is 8.87. The molecule has 0 spiro atoms. The number of nitrogens with zero attached hydrogens (tertiary/aromatic N) is 1. The highest BCUT2D eigenvalue weighted by molar-refractivity contribution is 7.89. The number of hydrogen-bond donors (Lipinski definition) is 1. The maximum absolute atomic E-state index is 13.1. The molecule has 0 aliphatic rings. The summed E-state index contributed by atoms with van der Waals surface area (Å²) in [7, 11) is 1.47. The maximum atomic E-state index is 13.1. The first kappa shape index (κ1) is 28.4. The van der Waals surface area contributed by atoms with Crippen LogP contribution in [-0.2, 0) is 26.0 Å². The molecule has 0 bridgehead atoms. The van der Waals surface area contributed by atoms with Crippen LogP contribution in [0, 0.1) is 6.92 Å². The first-order valence-corrected chi connectivity index (χ1v) is 12.8. The van der Waals surface area contributed by atoms with Crippen molar-refractivity contribution in [3.8, 4) is 5.75 Å². The highest BCUT2D eigenvalue weighted by Crippen LogP contribution is 2.25. The third-order valence-corrected chi connectivity index (χ3v) is 7.52. The second kappa shape index (κ2) is 11.9. The zero-order valence-corrected chi connectivity index (χ0v) is 22.4. The quantitative estimate of drug-likeness (QED) is 0.408. The number of carbonyl (C=O) groups is 3.